The molecule has 0 fully saturated rings. The van der Waals surface area contributed by atoms with E-state index in [1.54, 1.807) is 31.3 Å². The van der Waals surface area contributed by atoms with Crippen LogP contribution >= 0.6 is 0 Å². The van der Waals surface area contributed by atoms with Crippen molar-refractivity contribution < 1.29 is 14.3 Å². The highest BCUT2D eigenvalue weighted by Crippen LogP contribution is 2.20. The number of amides is 2. The van der Waals surface area contributed by atoms with Gasteiger partial charge < -0.3 is 21.1 Å². The van der Waals surface area contributed by atoms with Crippen LogP contribution < -0.4 is 21.1 Å². The van der Waals surface area contributed by atoms with Crippen molar-refractivity contribution in [3.63, 3.8) is 0 Å². The Morgan fingerprint density at radius 1 is 1.23 bits per heavy atom. The van der Waals surface area contributed by atoms with Crippen LogP contribution in [0.4, 0.5) is 5.69 Å². The van der Waals surface area contributed by atoms with Crippen molar-refractivity contribution in [3.8, 4) is 5.75 Å². The van der Waals surface area contributed by atoms with Crippen LogP contribution in [-0.2, 0) is 9.59 Å². The number of benzene rings is 1. The molecule has 0 aliphatic rings. The Morgan fingerprint density at radius 3 is 2.32 bits per heavy atom. The van der Waals surface area contributed by atoms with Gasteiger partial charge in [-0.1, -0.05) is 20.8 Å². The summed E-state index contributed by atoms with van der Waals surface area (Å²) in [7, 11) is 1.59. The molecule has 2 amide bonds. The number of ether oxygens (including phenoxy) is 1. The van der Waals surface area contributed by atoms with E-state index in [-0.39, 0.29) is 17.2 Å². The van der Waals surface area contributed by atoms with Crippen LogP contribution in [0.3, 0.4) is 0 Å². The Bertz CT molecular complexity index is 506. The van der Waals surface area contributed by atoms with Gasteiger partial charge in [-0.05, 0) is 29.7 Å². The van der Waals surface area contributed by atoms with E-state index in [4.69, 9.17) is 10.5 Å². The zero-order valence-corrected chi connectivity index (χ0v) is 13.6. The minimum atomic E-state index is -0.587. The van der Waals surface area contributed by atoms with E-state index in [0.29, 0.717) is 24.5 Å². The lowest BCUT2D eigenvalue weighted by Crippen LogP contribution is -2.45. The largest absolute Gasteiger partial charge is 0.493 e. The van der Waals surface area contributed by atoms with Crippen molar-refractivity contribution in [2.45, 2.75) is 33.2 Å². The summed E-state index contributed by atoms with van der Waals surface area (Å²) in [4.78, 5) is 23.1. The van der Waals surface area contributed by atoms with Gasteiger partial charge in [-0.25, -0.2) is 0 Å². The quantitative estimate of drug-likeness (QED) is 0.742. The molecular formula is C16H25N3O3. The lowest BCUT2D eigenvalue weighted by molar-refractivity contribution is -0.121. The van der Waals surface area contributed by atoms with Gasteiger partial charge in [-0.3, -0.25) is 9.59 Å². The van der Waals surface area contributed by atoms with E-state index >= 15 is 0 Å². The summed E-state index contributed by atoms with van der Waals surface area (Å²) in [5.41, 5.74) is 6.26. The molecule has 0 aliphatic carbocycles. The maximum Gasteiger partial charge on any atom is 0.241 e. The van der Waals surface area contributed by atoms with Crippen molar-refractivity contribution in [1.29, 1.82) is 0 Å². The molecule has 0 radical (unpaired) electrons. The summed E-state index contributed by atoms with van der Waals surface area (Å²) in [6.07, 6.45) is 0.301. The predicted molar refractivity (Wildman–Crippen MR) is 86.7 cm³/mol. The van der Waals surface area contributed by atoms with Crippen molar-refractivity contribution in [2.24, 2.45) is 11.1 Å². The number of nitrogens with two attached hydrogens (primary N) is 1. The minimum Gasteiger partial charge on any atom is -0.493 e. The number of nitrogens with one attached hydrogen (secondary N) is 2. The molecule has 0 saturated carbocycles. The lowest BCUT2D eigenvalue weighted by atomic mass is 9.87. The molecule has 1 aromatic carbocycles. The Hall–Kier alpha value is -2.08. The number of anilines is 1. The fourth-order valence-corrected chi connectivity index (χ4v) is 1.63. The summed E-state index contributed by atoms with van der Waals surface area (Å²) in [5.74, 6) is 0.350. The van der Waals surface area contributed by atoms with E-state index in [1.165, 1.54) is 0 Å². The number of hydrogen-bond acceptors (Lipinski definition) is 4. The molecule has 1 rings (SSSR count). The zero-order chi connectivity index (χ0) is 16.8. The number of carbonyl (C=O) groups excluding carboxylic acids is 2. The molecule has 0 bridgehead atoms. The van der Waals surface area contributed by atoms with Gasteiger partial charge in [0.2, 0.25) is 11.8 Å². The third-order valence-corrected chi connectivity index (χ3v) is 3.21. The van der Waals surface area contributed by atoms with Gasteiger partial charge >= 0.3 is 0 Å². The highest BCUT2D eigenvalue weighted by atomic mass is 16.5. The molecule has 0 saturated heterocycles. The maximum atomic E-state index is 12.0. The molecule has 6 heteroatoms. The van der Waals surface area contributed by atoms with Gasteiger partial charge in [-0.15, -0.1) is 0 Å². The zero-order valence-electron chi connectivity index (χ0n) is 13.6. The van der Waals surface area contributed by atoms with Crippen molar-refractivity contribution in [3.05, 3.63) is 24.3 Å². The highest BCUT2D eigenvalue weighted by molar-refractivity contribution is 5.95. The van der Waals surface area contributed by atoms with E-state index in [1.807, 2.05) is 20.8 Å². The van der Waals surface area contributed by atoms with Crippen LogP contribution in [0.15, 0.2) is 24.3 Å². The van der Waals surface area contributed by atoms with E-state index in [0.717, 1.165) is 0 Å². The topological polar surface area (TPSA) is 93.5 Å². The molecule has 0 aliphatic heterocycles. The van der Waals surface area contributed by atoms with Crippen LogP contribution in [0.25, 0.3) is 0 Å². The molecular weight excluding hydrogens is 282 g/mol. The first-order valence-electron chi connectivity index (χ1n) is 7.24. The molecule has 6 nitrogen and oxygen atoms in total. The van der Waals surface area contributed by atoms with Gasteiger partial charge in [0.25, 0.3) is 0 Å². The molecule has 0 spiro atoms. The predicted octanol–water partition coefficient (Wildman–Crippen LogP) is 1.51. The van der Waals surface area contributed by atoms with Gasteiger partial charge in [0.05, 0.1) is 19.1 Å². The average molecular weight is 307 g/mol. The first kappa shape index (κ1) is 18.0. The van der Waals surface area contributed by atoms with Gasteiger partial charge in [0, 0.05) is 12.7 Å². The van der Waals surface area contributed by atoms with Gasteiger partial charge in [0.1, 0.15) is 5.75 Å². The molecule has 1 atom stereocenters. The highest BCUT2D eigenvalue weighted by Gasteiger charge is 2.27. The fourth-order valence-electron chi connectivity index (χ4n) is 1.63. The molecule has 0 unspecified atom stereocenters. The SMILES string of the molecule is CNC(=O)CCOc1ccc(NC(=O)[C@@H](N)C(C)(C)C)cc1. The molecule has 0 heterocycles. The summed E-state index contributed by atoms with van der Waals surface area (Å²) in [6, 6.07) is 6.37. The minimum absolute atomic E-state index is 0.0694. The molecule has 22 heavy (non-hydrogen) atoms. The summed E-state index contributed by atoms with van der Waals surface area (Å²) in [6.45, 7) is 6.06. The lowest BCUT2D eigenvalue weighted by Gasteiger charge is -2.25. The summed E-state index contributed by atoms with van der Waals surface area (Å²) < 4.78 is 5.44. The smallest absolute Gasteiger partial charge is 0.241 e. The average Bonchev–Trinajstić information content (AvgIpc) is 2.47. The van der Waals surface area contributed by atoms with Crippen LogP contribution in [-0.4, -0.2) is 31.5 Å². The number of carbonyl (C=O) groups is 2. The standard InChI is InChI=1S/C16H25N3O3/c1-16(2,3)14(17)15(21)19-11-5-7-12(8-6-11)22-10-9-13(20)18-4/h5-8,14H,9-10,17H2,1-4H3,(H,18,20)(H,19,21)/t14-/m1/s1. The van der Waals surface area contributed by atoms with Crippen LogP contribution in [0.1, 0.15) is 27.2 Å². The van der Waals surface area contributed by atoms with Crippen molar-refractivity contribution in [2.75, 3.05) is 19.0 Å². The molecule has 0 aromatic heterocycles. The number of rotatable bonds is 6. The summed E-state index contributed by atoms with van der Waals surface area (Å²) >= 11 is 0. The second-order valence-corrected chi connectivity index (χ2v) is 6.13. The van der Waals surface area contributed by atoms with E-state index < -0.39 is 6.04 Å². The second kappa shape index (κ2) is 7.79. The Kier molecular flexibility index (Phi) is 6.37. The monoisotopic (exact) mass is 307 g/mol. The molecule has 122 valence electrons. The Labute approximate surface area is 131 Å². The third kappa shape index (κ3) is 5.73. The molecule has 4 N–H and O–H groups in total. The first-order chi connectivity index (χ1) is 10.2. The van der Waals surface area contributed by atoms with E-state index in [2.05, 4.69) is 10.6 Å². The fraction of sp³-hybridized carbons (Fsp3) is 0.500. The van der Waals surface area contributed by atoms with Crippen LogP contribution in [0.2, 0.25) is 0 Å². The maximum absolute atomic E-state index is 12.0. The first-order valence-corrected chi connectivity index (χ1v) is 7.24. The van der Waals surface area contributed by atoms with Crippen molar-refractivity contribution >= 4 is 17.5 Å². The van der Waals surface area contributed by atoms with Gasteiger partial charge in [0.15, 0.2) is 0 Å². The normalized spacial score (nSPS) is 12.4. The third-order valence-electron chi connectivity index (χ3n) is 3.21. The Balaban J connectivity index is 2.51. The van der Waals surface area contributed by atoms with Crippen molar-refractivity contribution in [1.82, 2.24) is 5.32 Å². The van der Waals surface area contributed by atoms with E-state index in [9.17, 15) is 9.59 Å². The van der Waals surface area contributed by atoms with Gasteiger partial charge in [-0.2, -0.15) is 0 Å². The Morgan fingerprint density at radius 2 is 1.82 bits per heavy atom. The summed E-state index contributed by atoms with van der Waals surface area (Å²) in [5, 5.41) is 5.30. The number of hydrogen-bond donors (Lipinski definition) is 3. The second-order valence-electron chi connectivity index (χ2n) is 6.13. The van der Waals surface area contributed by atoms with Crippen LogP contribution in [0, 0.1) is 5.41 Å². The molecule has 1 aromatic rings. The van der Waals surface area contributed by atoms with Crippen LogP contribution in [0.5, 0.6) is 5.75 Å².